The maximum absolute atomic E-state index is 13.1. The Morgan fingerprint density at radius 1 is 0.929 bits per heavy atom. The van der Waals surface area contributed by atoms with Crippen molar-refractivity contribution >= 4 is 17.7 Å². The molecule has 0 aliphatic heterocycles. The van der Waals surface area contributed by atoms with Crippen molar-refractivity contribution in [3.8, 4) is 0 Å². The zero-order valence-corrected chi connectivity index (χ0v) is 15.7. The summed E-state index contributed by atoms with van der Waals surface area (Å²) in [6.45, 7) is 1.30. The first-order valence-electron chi connectivity index (χ1n) is 9.00. The molecule has 2 rings (SSSR count). The number of amides is 3. The topological polar surface area (TPSA) is 101 Å². The van der Waals surface area contributed by atoms with Gasteiger partial charge >= 0.3 is 0 Å². The van der Waals surface area contributed by atoms with E-state index < -0.39 is 23.9 Å². The Labute approximate surface area is 163 Å². The van der Waals surface area contributed by atoms with E-state index in [0.29, 0.717) is 18.4 Å². The lowest BCUT2D eigenvalue weighted by molar-refractivity contribution is -0.130. The molecule has 0 spiro atoms. The summed E-state index contributed by atoms with van der Waals surface area (Å²) in [4.78, 5) is 35.9. The number of benzene rings is 2. The molecule has 4 N–H and O–H groups in total. The number of carbonyl (C=O) groups excluding carboxylic acids is 3. The molecule has 7 heteroatoms. The van der Waals surface area contributed by atoms with Gasteiger partial charge in [-0.2, -0.15) is 0 Å². The molecule has 0 aliphatic carbocycles. The Hall–Kier alpha value is -3.22. The van der Waals surface area contributed by atoms with Crippen LogP contribution in [0.1, 0.15) is 24.5 Å². The second kappa shape index (κ2) is 10.2. The lowest BCUT2D eigenvalue weighted by atomic mass is 10.0. The molecular formula is C21H24FN3O3. The minimum Gasteiger partial charge on any atom is -0.368 e. The fraction of sp³-hybridized carbons (Fsp3) is 0.286. The number of hydrogen-bond donors (Lipinski definition) is 3. The molecule has 2 aromatic carbocycles. The Bertz CT molecular complexity index is 809. The summed E-state index contributed by atoms with van der Waals surface area (Å²) >= 11 is 0. The second-order valence-electron chi connectivity index (χ2n) is 6.57. The number of nitrogens with one attached hydrogen (secondary N) is 2. The third kappa shape index (κ3) is 6.83. The third-order valence-electron chi connectivity index (χ3n) is 4.27. The summed E-state index contributed by atoms with van der Waals surface area (Å²) in [5.74, 6) is -1.94. The first-order chi connectivity index (χ1) is 13.3. The van der Waals surface area contributed by atoms with Crippen LogP contribution in [0.5, 0.6) is 0 Å². The van der Waals surface area contributed by atoms with Gasteiger partial charge in [0.15, 0.2) is 0 Å². The normalized spacial score (nSPS) is 12.6. The first-order valence-corrected chi connectivity index (χ1v) is 9.00. The fourth-order valence-electron chi connectivity index (χ4n) is 2.82. The highest BCUT2D eigenvalue weighted by Crippen LogP contribution is 2.08. The predicted molar refractivity (Wildman–Crippen MR) is 104 cm³/mol. The van der Waals surface area contributed by atoms with Gasteiger partial charge in [0, 0.05) is 13.3 Å². The molecule has 0 unspecified atom stereocenters. The molecule has 0 fully saturated rings. The van der Waals surface area contributed by atoms with Crippen LogP contribution in [-0.4, -0.2) is 29.8 Å². The van der Waals surface area contributed by atoms with E-state index in [4.69, 9.17) is 5.73 Å². The van der Waals surface area contributed by atoms with Gasteiger partial charge in [0.2, 0.25) is 17.7 Å². The summed E-state index contributed by atoms with van der Waals surface area (Å²) in [6, 6.07) is 13.4. The summed E-state index contributed by atoms with van der Waals surface area (Å²) in [7, 11) is 0. The van der Waals surface area contributed by atoms with Gasteiger partial charge in [0.25, 0.3) is 0 Å². The van der Waals surface area contributed by atoms with Crippen molar-refractivity contribution in [2.24, 2.45) is 5.73 Å². The average Bonchev–Trinajstić information content (AvgIpc) is 2.66. The molecule has 2 aromatic rings. The zero-order chi connectivity index (χ0) is 20.5. The lowest BCUT2D eigenvalue weighted by Gasteiger charge is -2.21. The van der Waals surface area contributed by atoms with Gasteiger partial charge in [0.1, 0.15) is 17.9 Å². The van der Waals surface area contributed by atoms with Crippen molar-refractivity contribution in [2.75, 3.05) is 0 Å². The van der Waals surface area contributed by atoms with E-state index in [9.17, 15) is 18.8 Å². The Morgan fingerprint density at radius 2 is 1.57 bits per heavy atom. The van der Waals surface area contributed by atoms with Gasteiger partial charge in [-0.15, -0.1) is 0 Å². The van der Waals surface area contributed by atoms with Crippen LogP contribution in [0.3, 0.4) is 0 Å². The molecule has 0 aliphatic rings. The molecule has 0 saturated heterocycles. The highest BCUT2D eigenvalue weighted by molar-refractivity contribution is 5.91. The van der Waals surface area contributed by atoms with Crippen molar-refractivity contribution in [1.29, 1.82) is 0 Å². The minimum atomic E-state index is -0.901. The molecule has 0 bridgehead atoms. The standard InChI is InChI=1S/C21H24FN3O3/c1-14(26)24-19(13-16-7-10-17(22)11-8-16)21(28)25-18(20(23)27)12-9-15-5-3-2-4-6-15/h2-8,10-11,18-19H,9,12-13H2,1H3,(H2,23,27)(H,24,26)(H,25,28)/t18-,19+/m1/s1. The van der Waals surface area contributed by atoms with Crippen LogP contribution in [0.2, 0.25) is 0 Å². The molecule has 0 aromatic heterocycles. The number of aryl methyl sites for hydroxylation is 1. The molecule has 0 radical (unpaired) electrons. The van der Waals surface area contributed by atoms with Crippen molar-refractivity contribution < 1.29 is 18.8 Å². The third-order valence-corrected chi connectivity index (χ3v) is 4.27. The van der Waals surface area contributed by atoms with Gasteiger partial charge in [-0.05, 0) is 36.1 Å². The maximum Gasteiger partial charge on any atom is 0.243 e. The molecule has 28 heavy (non-hydrogen) atoms. The molecular weight excluding hydrogens is 361 g/mol. The Balaban J connectivity index is 2.04. The molecule has 0 saturated carbocycles. The van der Waals surface area contributed by atoms with Crippen LogP contribution < -0.4 is 16.4 Å². The highest BCUT2D eigenvalue weighted by atomic mass is 19.1. The van der Waals surface area contributed by atoms with Crippen LogP contribution in [0.25, 0.3) is 0 Å². The van der Waals surface area contributed by atoms with E-state index in [1.54, 1.807) is 12.1 Å². The molecule has 6 nitrogen and oxygen atoms in total. The summed E-state index contributed by atoms with van der Waals surface area (Å²) in [6.07, 6.45) is 1.07. The monoisotopic (exact) mass is 385 g/mol. The molecule has 3 amide bonds. The number of nitrogens with two attached hydrogens (primary N) is 1. The van der Waals surface area contributed by atoms with E-state index in [0.717, 1.165) is 5.56 Å². The first kappa shape index (κ1) is 21.1. The van der Waals surface area contributed by atoms with Crippen molar-refractivity contribution in [3.05, 3.63) is 71.5 Å². The van der Waals surface area contributed by atoms with E-state index in [2.05, 4.69) is 10.6 Å². The molecule has 0 heterocycles. The van der Waals surface area contributed by atoms with Gasteiger partial charge < -0.3 is 16.4 Å². The summed E-state index contributed by atoms with van der Waals surface area (Å²) in [5, 5.41) is 5.19. The number of hydrogen-bond acceptors (Lipinski definition) is 3. The predicted octanol–water partition coefficient (Wildman–Crippen LogP) is 1.48. The maximum atomic E-state index is 13.1. The van der Waals surface area contributed by atoms with Crippen LogP contribution in [0.15, 0.2) is 54.6 Å². The lowest BCUT2D eigenvalue weighted by Crippen LogP contribution is -2.53. The smallest absolute Gasteiger partial charge is 0.243 e. The number of carbonyl (C=O) groups is 3. The SMILES string of the molecule is CC(=O)N[C@@H](Cc1ccc(F)cc1)C(=O)N[C@H](CCc1ccccc1)C(N)=O. The van der Waals surface area contributed by atoms with E-state index in [1.165, 1.54) is 19.1 Å². The highest BCUT2D eigenvalue weighted by Gasteiger charge is 2.25. The molecule has 148 valence electrons. The van der Waals surface area contributed by atoms with Crippen LogP contribution in [0, 0.1) is 5.82 Å². The summed E-state index contributed by atoms with van der Waals surface area (Å²) < 4.78 is 13.1. The van der Waals surface area contributed by atoms with Crippen molar-refractivity contribution in [1.82, 2.24) is 10.6 Å². The van der Waals surface area contributed by atoms with Crippen LogP contribution in [0.4, 0.5) is 4.39 Å². The number of primary amides is 1. The van der Waals surface area contributed by atoms with Crippen molar-refractivity contribution in [2.45, 2.75) is 38.3 Å². The molecule has 2 atom stereocenters. The Morgan fingerprint density at radius 3 is 2.14 bits per heavy atom. The average molecular weight is 385 g/mol. The minimum absolute atomic E-state index is 0.163. The summed E-state index contributed by atoms with van der Waals surface area (Å²) in [5.41, 5.74) is 7.13. The van der Waals surface area contributed by atoms with Crippen molar-refractivity contribution in [3.63, 3.8) is 0 Å². The largest absolute Gasteiger partial charge is 0.368 e. The van der Waals surface area contributed by atoms with Gasteiger partial charge in [-0.25, -0.2) is 4.39 Å². The van der Waals surface area contributed by atoms with Gasteiger partial charge in [0.05, 0.1) is 0 Å². The zero-order valence-electron chi connectivity index (χ0n) is 15.7. The van der Waals surface area contributed by atoms with Crippen LogP contribution >= 0.6 is 0 Å². The Kier molecular flexibility index (Phi) is 7.68. The van der Waals surface area contributed by atoms with E-state index in [-0.39, 0.29) is 18.1 Å². The number of halogens is 1. The fourth-order valence-corrected chi connectivity index (χ4v) is 2.82. The van der Waals surface area contributed by atoms with Crippen LogP contribution in [-0.2, 0) is 27.2 Å². The van der Waals surface area contributed by atoms with Gasteiger partial charge in [-0.1, -0.05) is 42.5 Å². The van der Waals surface area contributed by atoms with E-state index >= 15 is 0 Å². The second-order valence-corrected chi connectivity index (χ2v) is 6.57. The quantitative estimate of drug-likeness (QED) is 0.609. The number of rotatable bonds is 9. The van der Waals surface area contributed by atoms with E-state index in [1.807, 2.05) is 30.3 Å². The van der Waals surface area contributed by atoms with Gasteiger partial charge in [-0.3, -0.25) is 14.4 Å².